The molecule has 0 rings (SSSR count). The van der Waals surface area contributed by atoms with Gasteiger partial charge in [-0.25, -0.2) is 0 Å². The molecule has 1 N–H and O–H groups in total. The Labute approximate surface area is 365 Å². The second-order valence-corrected chi connectivity index (χ2v) is 16.2. The van der Waals surface area contributed by atoms with Crippen LogP contribution < -0.4 is 0 Å². The summed E-state index contributed by atoms with van der Waals surface area (Å²) in [6, 6.07) is 0. The first-order valence-corrected chi connectivity index (χ1v) is 24.6. The average Bonchev–Trinajstić information content (AvgIpc) is 3.24. The van der Waals surface area contributed by atoms with Gasteiger partial charge in [0.25, 0.3) is 0 Å². The Bertz CT molecular complexity index is 1110. The van der Waals surface area contributed by atoms with E-state index in [0.717, 1.165) is 83.5 Å². The standard InChI is InChI=1S/C54H92O5/c1-3-5-7-9-11-13-15-17-18-19-20-21-22-23-24-25-26-27-28-29-30-31-32-33-34-35-36-37-39-41-43-45-47-49-54(57)59-52(50-55)51-58-53(56)48-46-44-42-40-38-16-14-12-10-8-6-4-2/h5,7,11-14,17-18,20-21,23-24,26-27,52,55H,3-4,6,8-10,15-16,19,22,25,28-51H2,1-2H3/b7-5-,13-11-,14-12-,18-17-,21-20-,24-23-,27-26-. The molecular formula is C54H92O5. The van der Waals surface area contributed by atoms with Gasteiger partial charge in [0, 0.05) is 12.8 Å². The number of aliphatic hydroxyl groups is 1. The van der Waals surface area contributed by atoms with Crippen molar-refractivity contribution >= 4 is 11.9 Å². The van der Waals surface area contributed by atoms with Gasteiger partial charge in [-0.05, 0) is 89.9 Å². The summed E-state index contributed by atoms with van der Waals surface area (Å²) in [6.07, 6.45) is 68.2. The fourth-order valence-electron chi connectivity index (χ4n) is 6.73. The van der Waals surface area contributed by atoms with Gasteiger partial charge in [0.05, 0.1) is 6.61 Å². The quantitative estimate of drug-likeness (QED) is 0.0376. The normalized spacial score (nSPS) is 12.9. The number of ether oxygens (including phenoxy) is 2. The third-order valence-electron chi connectivity index (χ3n) is 10.4. The molecule has 1 atom stereocenters. The highest BCUT2D eigenvalue weighted by Crippen LogP contribution is 2.15. The first kappa shape index (κ1) is 56.1. The molecule has 0 bridgehead atoms. The maximum Gasteiger partial charge on any atom is 0.306 e. The number of carbonyl (C=O) groups excluding carboxylic acids is 2. The molecule has 0 radical (unpaired) electrons. The molecule has 0 saturated carbocycles. The van der Waals surface area contributed by atoms with E-state index in [4.69, 9.17) is 9.47 Å². The van der Waals surface area contributed by atoms with Crippen LogP contribution in [-0.2, 0) is 19.1 Å². The van der Waals surface area contributed by atoms with E-state index >= 15 is 0 Å². The summed E-state index contributed by atoms with van der Waals surface area (Å²) in [6.45, 7) is 3.99. The third kappa shape index (κ3) is 47.6. The van der Waals surface area contributed by atoms with Gasteiger partial charge in [-0.2, -0.15) is 0 Å². The molecule has 5 nitrogen and oxygen atoms in total. The zero-order chi connectivity index (χ0) is 42.8. The van der Waals surface area contributed by atoms with Crippen molar-refractivity contribution in [2.45, 2.75) is 232 Å². The Morgan fingerprint density at radius 2 is 0.729 bits per heavy atom. The molecule has 5 heteroatoms. The van der Waals surface area contributed by atoms with E-state index in [1.54, 1.807) is 0 Å². The molecule has 0 aliphatic carbocycles. The van der Waals surface area contributed by atoms with Crippen molar-refractivity contribution in [1.29, 1.82) is 0 Å². The molecule has 0 fully saturated rings. The molecule has 0 aliphatic rings. The molecule has 59 heavy (non-hydrogen) atoms. The maximum absolute atomic E-state index is 12.2. The number of allylic oxidation sites excluding steroid dienone is 14. The van der Waals surface area contributed by atoms with E-state index in [9.17, 15) is 14.7 Å². The second kappa shape index (κ2) is 49.4. The van der Waals surface area contributed by atoms with Gasteiger partial charge >= 0.3 is 11.9 Å². The van der Waals surface area contributed by atoms with Crippen LogP contribution in [0.3, 0.4) is 0 Å². The molecule has 0 aliphatic heterocycles. The maximum atomic E-state index is 12.2. The smallest absolute Gasteiger partial charge is 0.306 e. The lowest BCUT2D eigenvalue weighted by molar-refractivity contribution is -0.161. The average molecular weight is 821 g/mol. The molecular weight excluding hydrogens is 729 g/mol. The van der Waals surface area contributed by atoms with Crippen LogP contribution >= 0.6 is 0 Å². The van der Waals surface area contributed by atoms with Crippen LogP contribution in [0.25, 0.3) is 0 Å². The van der Waals surface area contributed by atoms with Crippen molar-refractivity contribution in [3.63, 3.8) is 0 Å². The molecule has 1 unspecified atom stereocenters. The Kier molecular flexibility index (Phi) is 47.0. The van der Waals surface area contributed by atoms with Crippen molar-refractivity contribution in [1.82, 2.24) is 0 Å². The summed E-state index contributed by atoms with van der Waals surface area (Å²) in [5, 5.41) is 9.59. The largest absolute Gasteiger partial charge is 0.462 e. The fourth-order valence-corrected chi connectivity index (χ4v) is 6.73. The van der Waals surface area contributed by atoms with Gasteiger partial charge < -0.3 is 14.6 Å². The summed E-state index contributed by atoms with van der Waals surface area (Å²) in [4.78, 5) is 24.3. The van der Waals surface area contributed by atoms with Crippen LogP contribution in [0.5, 0.6) is 0 Å². The minimum Gasteiger partial charge on any atom is -0.462 e. The van der Waals surface area contributed by atoms with Gasteiger partial charge in [0.2, 0.25) is 0 Å². The van der Waals surface area contributed by atoms with Crippen LogP contribution in [0.2, 0.25) is 0 Å². The molecule has 0 spiro atoms. The van der Waals surface area contributed by atoms with Gasteiger partial charge in [-0.3, -0.25) is 9.59 Å². The number of rotatable bonds is 44. The molecule has 0 heterocycles. The van der Waals surface area contributed by atoms with Crippen LogP contribution in [-0.4, -0.2) is 36.4 Å². The summed E-state index contributed by atoms with van der Waals surface area (Å²) in [7, 11) is 0. The Morgan fingerprint density at radius 1 is 0.407 bits per heavy atom. The number of carbonyl (C=O) groups is 2. The molecule has 0 aromatic carbocycles. The van der Waals surface area contributed by atoms with E-state index < -0.39 is 6.10 Å². The van der Waals surface area contributed by atoms with Crippen molar-refractivity contribution in [3.8, 4) is 0 Å². The van der Waals surface area contributed by atoms with E-state index in [0.29, 0.717) is 12.8 Å². The van der Waals surface area contributed by atoms with Crippen LogP contribution in [0.15, 0.2) is 85.1 Å². The first-order valence-electron chi connectivity index (χ1n) is 24.6. The van der Waals surface area contributed by atoms with Gasteiger partial charge in [0.15, 0.2) is 6.10 Å². The minimum atomic E-state index is -0.777. The molecule has 0 amide bonds. The van der Waals surface area contributed by atoms with Crippen molar-refractivity contribution in [2.24, 2.45) is 0 Å². The summed E-state index contributed by atoms with van der Waals surface area (Å²) in [5.74, 6) is -0.602. The summed E-state index contributed by atoms with van der Waals surface area (Å²) >= 11 is 0. The lowest BCUT2D eigenvalue weighted by Gasteiger charge is -2.15. The number of hydrogen-bond acceptors (Lipinski definition) is 5. The number of aliphatic hydroxyl groups excluding tert-OH is 1. The first-order chi connectivity index (χ1) is 29.1. The SMILES string of the molecule is CC/C=C\C/C=C\C/C=C\C/C=C\C/C=C\C/C=C\CCCCCCCCCCCCCCCCC(=O)OC(CO)COC(=O)CCCCCCC/C=C\CCCCC. The molecule has 338 valence electrons. The Morgan fingerprint density at radius 3 is 1.12 bits per heavy atom. The van der Waals surface area contributed by atoms with Crippen LogP contribution in [0, 0.1) is 0 Å². The highest BCUT2D eigenvalue weighted by atomic mass is 16.6. The molecule has 0 aromatic heterocycles. The lowest BCUT2D eigenvalue weighted by atomic mass is 10.0. The van der Waals surface area contributed by atoms with E-state index in [1.807, 2.05) is 0 Å². The summed E-state index contributed by atoms with van der Waals surface area (Å²) in [5.41, 5.74) is 0. The Balaban J connectivity index is 3.50. The highest BCUT2D eigenvalue weighted by molar-refractivity contribution is 5.70. The second-order valence-electron chi connectivity index (χ2n) is 16.2. The van der Waals surface area contributed by atoms with Crippen LogP contribution in [0.4, 0.5) is 0 Å². The zero-order valence-corrected chi connectivity index (χ0v) is 38.5. The van der Waals surface area contributed by atoms with Crippen molar-refractivity contribution < 1.29 is 24.2 Å². The van der Waals surface area contributed by atoms with E-state index in [1.165, 1.54) is 116 Å². The van der Waals surface area contributed by atoms with Crippen molar-refractivity contribution in [3.05, 3.63) is 85.1 Å². The minimum absolute atomic E-state index is 0.0720. The topological polar surface area (TPSA) is 72.8 Å². The lowest BCUT2D eigenvalue weighted by Crippen LogP contribution is -2.28. The fraction of sp³-hybridized carbons (Fsp3) is 0.704. The zero-order valence-electron chi connectivity index (χ0n) is 38.5. The molecule has 0 saturated heterocycles. The number of esters is 2. The van der Waals surface area contributed by atoms with Crippen molar-refractivity contribution in [2.75, 3.05) is 13.2 Å². The van der Waals surface area contributed by atoms with Gasteiger partial charge in [-0.1, -0.05) is 208 Å². The van der Waals surface area contributed by atoms with Gasteiger partial charge in [0.1, 0.15) is 6.61 Å². The Hall–Kier alpha value is -2.92. The predicted octanol–water partition coefficient (Wildman–Crippen LogP) is 16.2. The van der Waals surface area contributed by atoms with E-state index in [2.05, 4.69) is 98.9 Å². The highest BCUT2D eigenvalue weighted by Gasteiger charge is 2.16. The van der Waals surface area contributed by atoms with E-state index in [-0.39, 0.29) is 25.2 Å². The monoisotopic (exact) mass is 821 g/mol. The number of hydrogen-bond donors (Lipinski definition) is 1. The number of unbranched alkanes of at least 4 members (excludes halogenated alkanes) is 22. The summed E-state index contributed by atoms with van der Waals surface area (Å²) < 4.78 is 10.6. The van der Waals surface area contributed by atoms with Crippen LogP contribution in [0.1, 0.15) is 226 Å². The third-order valence-corrected chi connectivity index (χ3v) is 10.4. The molecule has 0 aromatic rings. The van der Waals surface area contributed by atoms with Gasteiger partial charge in [-0.15, -0.1) is 0 Å². The predicted molar refractivity (Wildman–Crippen MR) is 256 cm³/mol.